The van der Waals surface area contributed by atoms with Gasteiger partial charge in [-0.15, -0.1) is 0 Å². The Morgan fingerprint density at radius 1 is 0.485 bits per heavy atom. The number of aromatic amines is 2. The predicted molar refractivity (Wildman–Crippen MR) is 277 cm³/mol. The molecule has 3 aliphatic heterocycles. The van der Waals surface area contributed by atoms with Gasteiger partial charge in [0.25, 0.3) is 0 Å². The highest BCUT2D eigenvalue weighted by Crippen LogP contribution is 2.48. The monoisotopic (exact) mass is 948 g/mol. The van der Waals surface area contributed by atoms with Crippen LogP contribution < -0.4 is 11.0 Å². The Morgan fingerprint density at radius 3 is 1.88 bits per heavy atom. The summed E-state index contributed by atoms with van der Waals surface area (Å²) in [6.45, 7) is 0. The maximum atomic E-state index is 5.54. The van der Waals surface area contributed by atoms with E-state index in [9.17, 15) is 0 Å². The summed E-state index contributed by atoms with van der Waals surface area (Å²) in [4.78, 5) is 49.0. The third-order valence-electron chi connectivity index (χ3n) is 12.0. The molecule has 68 heavy (non-hydrogen) atoms. The van der Waals surface area contributed by atoms with Crippen molar-refractivity contribution in [3.05, 3.63) is 227 Å². The van der Waals surface area contributed by atoms with Crippen molar-refractivity contribution in [3.63, 3.8) is 0 Å². The number of hydrogen-bond acceptors (Lipinski definition) is 10. The van der Waals surface area contributed by atoms with Crippen LogP contribution in [0, 0.1) is 0 Å². The van der Waals surface area contributed by atoms with E-state index in [-0.39, 0.29) is 11.8 Å². The highest BCUT2D eigenvalue weighted by molar-refractivity contribution is 8.03. The molecule has 0 fully saturated rings. The average Bonchev–Trinajstić information content (AvgIpc) is 4.12. The standard InChI is InChI=1S/C56H36N8S4/c1-5-17-33(18-6-1)65-41-29-13-25-37-45(41)53-57-49(37)62-54-47-39(27-15-31-43(47)67-35-21-9-3-10-22-35)51(59-54)64-56-48-40(28-16-32-44(48)68-36-23-11-4-12-24-36)52(60-56)63-55-46-38(50(58-55)61-53)26-14-30-42(46)66-34-19-7-2-8-20-34/h1-32,37,48H,(H,58,61,63)(H,57,59,60,62,64). The van der Waals surface area contributed by atoms with E-state index in [0.717, 1.165) is 78.1 Å². The lowest BCUT2D eigenvalue weighted by Crippen LogP contribution is -2.12. The van der Waals surface area contributed by atoms with Gasteiger partial charge in [0.15, 0.2) is 17.1 Å². The van der Waals surface area contributed by atoms with E-state index in [1.165, 1.54) is 0 Å². The summed E-state index contributed by atoms with van der Waals surface area (Å²) in [5, 5.41) is 1.91. The summed E-state index contributed by atoms with van der Waals surface area (Å²) in [6.07, 6.45) is 12.9. The molecule has 0 saturated carbocycles. The van der Waals surface area contributed by atoms with Crippen LogP contribution in [0.2, 0.25) is 0 Å². The van der Waals surface area contributed by atoms with Crippen LogP contribution in [0.5, 0.6) is 0 Å². The molecule has 2 N–H and O–H groups in total. The number of allylic oxidation sites excluding steroid dienone is 8. The van der Waals surface area contributed by atoms with Gasteiger partial charge in [-0.3, -0.25) is 0 Å². The molecule has 8 bridgehead atoms. The second kappa shape index (κ2) is 17.5. The molecule has 13 rings (SSSR count). The van der Waals surface area contributed by atoms with Crippen LogP contribution in [0.1, 0.15) is 23.5 Å². The van der Waals surface area contributed by atoms with Gasteiger partial charge < -0.3 is 9.97 Å². The zero-order valence-electron chi connectivity index (χ0n) is 35.9. The third kappa shape index (κ3) is 7.59. The van der Waals surface area contributed by atoms with Crippen molar-refractivity contribution in [2.24, 2.45) is 0 Å². The molecule has 324 valence electrons. The first kappa shape index (κ1) is 41.0. The lowest BCUT2D eigenvalue weighted by Gasteiger charge is -2.18. The first-order chi connectivity index (χ1) is 33.7. The van der Waals surface area contributed by atoms with Crippen LogP contribution in [0.4, 0.5) is 0 Å². The molecule has 5 heterocycles. The molecule has 2 aliphatic carbocycles. The fraction of sp³-hybridized carbons (Fsp3) is 0.0357. The molecule has 8 aromatic rings. The number of nitrogens with zero attached hydrogens (tertiary/aromatic N) is 6. The molecule has 2 aromatic heterocycles. The topological polar surface area (TPSA) is 109 Å². The van der Waals surface area contributed by atoms with Crippen molar-refractivity contribution in [3.8, 4) is 22.8 Å². The van der Waals surface area contributed by atoms with E-state index in [1.54, 1.807) is 47.0 Å². The minimum absolute atomic E-state index is 0.221. The Labute approximate surface area is 408 Å². The van der Waals surface area contributed by atoms with Gasteiger partial charge >= 0.3 is 0 Å². The Hall–Kier alpha value is -7.22. The lowest BCUT2D eigenvalue weighted by atomic mass is 9.95. The highest BCUT2D eigenvalue weighted by atomic mass is 32.2. The normalized spacial score (nSPS) is 16.2. The van der Waals surface area contributed by atoms with Gasteiger partial charge in [-0.25, -0.2) is 29.9 Å². The molecule has 0 radical (unpaired) electrons. The molecule has 12 heteroatoms. The molecule has 8 nitrogen and oxygen atoms in total. The molecule has 2 unspecified atom stereocenters. The van der Waals surface area contributed by atoms with E-state index < -0.39 is 0 Å². The number of hydrogen-bond donors (Lipinski definition) is 2. The van der Waals surface area contributed by atoms with E-state index in [0.29, 0.717) is 39.7 Å². The number of rotatable bonds is 8. The second-order valence-corrected chi connectivity index (χ2v) is 20.8. The first-order valence-corrected chi connectivity index (χ1v) is 25.4. The Bertz CT molecular complexity index is 3810. The van der Waals surface area contributed by atoms with Crippen LogP contribution in [0.15, 0.2) is 233 Å². The Morgan fingerprint density at radius 2 is 1.15 bits per heavy atom. The molecular formula is C56H36N8S4. The van der Waals surface area contributed by atoms with Gasteiger partial charge in [0, 0.05) is 72.2 Å². The van der Waals surface area contributed by atoms with Crippen molar-refractivity contribution in [2.45, 2.75) is 41.2 Å². The predicted octanol–water partition coefficient (Wildman–Crippen LogP) is 12.8. The van der Waals surface area contributed by atoms with Crippen molar-refractivity contribution < 1.29 is 0 Å². The fourth-order valence-electron chi connectivity index (χ4n) is 9.00. The summed E-state index contributed by atoms with van der Waals surface area (Å²) in [7, 11) is 0. The minimum atomic E-state index is -0.281. The lowest BCUT2D eigenvalue weighted by molar-refractivity contribution is 0.939. The summed E-state index contributed by atoms with van der Waals surface area (Å²) in [5.74, 6) is 2.00. The van der Waals surface area contributed by atoms with Crippen LogP contribution >= 0.6 is 47.0 Å². The maximum absolute atomic E-state index is 5.54. The van der Waals surface area contributed by atoms with Crippen LogP contribution in [-0.4, -0.2) is 39.9 Å². The molecule has 6 aromatic carbocycles. The number of nitrogens with one attached hydrogen (secondary N) is 2. The third-order valence-corrected chi connectivity index (χ3v) is 16.4. The molecule has 2 atom stereocenters. The van der Waals surface area contributed by atoms with Crippen molar-refractivity contribution in [1.82, 2.24) is 39.9 Å². The van der Waals surface area contributed by atoms with E-state index in [2.05, 4.69) is 180 Å². The summed E-state index contributed by atoms with van der Waals surface area (Å²) >= 11 is 6.85. The Kier molecular flexibility index (Phi) is 10.5. The Balaban J connectivity index is 1.12. The molecule has 0 spiro atoms. The van der Waals surface area contributed by atoms with Crippen LogP contribution in [0.3, 0.4) is 0 Å². The molecule has 5 aliphatic rings. The van der Waals surface area contributed by atoms with Gasteiger partial charge in [-0.1, -0.05) is 174 Å². The quantitative estimate of drug-likeness (QED) is 0.153. The average molecular weight is 949 g/mol. The smallest absolute Gasteiger partial charge is 0.165 e. The maximum Gasteiger partial charge on any atom is 0.165 e. The number of fused-ring (bicyclic) bond motifs is 18. The largest absolute Gasteiger partial charge is 0.327 e. The van der Waals surface area contributed by atoms with Crippen molar-refractivity contribution >= 4 is 80.3 Å². The minimum Gasteiger partial charge on any atom is -0.327 e. The first-order valence-electron chi connectivity index (χ1n) is 22.2. The van der Waals surface area contributed by atoms with Gasteiger partial charge in [0.2, 0.25) is 0 Å². The zero-order chi connectivity index (χ0) is 45.0. The van der Waals surface area contributed by atoms with Crippen molar-refractivity contribution in [1.29, 1.82) is 0 Å². The molecule has 0 saturated heterocycles. The summed E-state index contributed by atoms with van der Waals surface area (Å²) in [6, 6.07) is 54.5. The number of thioether (sulfide) groups is 2. The number of benzene rings is 6. The van der Waals surface area contributed by atoms with Crippen LogP contribution in [-0.2, 0) is 0 Å². The van der Waals surface area contributed by atoms with E-state index >= 15 is 0 Å². The fourth-order valence-corrected chi connectivity index (χ4v) is 13.1. The van der Waals surface area contributed by atoms with Crippen LogP contribution in [0.25, 0.3) is 56.0 Å². The summed E-state index contributed by atoms with van der Waals surface area (Å²) in [5.41, 5.74) is 6.49. The summed E-state index contributed by atoms with van der Waals surface area (Å²) < 4.78 is 0. The van der Waals surface area contributed by atoms with E-state index in [1.807, 2.05) is 24.3 Å². The zero-order valence-corrected chi connectivity index (χ0v) is 39.2. The second-order valence-electron chi connectivity index (χ2n) is 16.3. The van der Waals surface area contributed by atoms with Gasteiger partial charge in [0.1, 0.15) is 28.4 Å². The number of H-pyrrole nitrogens is 2. The SMILES string of the molecule is C1=CC2=c3nc(nc4nc(nc5[nH]c(nc6[nH]c(n3)c3c(Sc7ccccc7)cccc63)=C3C(Sc6ccccc6)=CC=CC35)-c3c(Sc5ccccc5)cccc3-4)C2C(Sc2ccccc2)=C1. The van der Waals surface area contributed by atoms with E-state index in [4.69, 9.17) is 29.9 Å². The molecule has 0 amide bonds. The van der Waals surface area contributed by atoms with Gasteiger partial charge in [0.05, 0.1) is 11.8 Å². The van der Waals surface area contributed by atoms with Crippen molar-refractivity contribution in [2.75, 3.05) is 0 Å². The molecular weight excluding hydrogens is 913 g/mol. The highest BCUT2D eigenvalue weighted by Gasteiger charge is 2.34. The number of aromatic nitrogens is 8. The van der Waals surface area contributed by atoms with Gasteiger partial charge in [-0.05, 0) is 66.7 Å². The van der Waals surface area contributed by atoms with Gasteiger partial charge in [-0.2, -0.15) is 0 Å².